The average molecular weight is 439 g/mol. The van der Waals surface area contributed by atoms with Gasteiger partial charge in [-0.3, -0.25) is 19.2 Å². The smallest absolute Gasteiger partial charge is 0.298 e. The second-order valence-corrected chi connectivity index (χ2v) is 8.65. The molecule has 0 atom stereocenters. The second-order valence-electron chi connectivity index (χ2n) is 5.90. The predicted octanol–water partition coefficient (Wildman–Crippen LogP) is 2.57. The summed E-state index contributed by atoms with van der Waals surface area (Å²) in [5.74, 6) is 0. The van der Waals surface area contributed by atoms with Gasteiger partial charge in [-0.05, 0) is 17.5 Å². The van der Waals surface area contributed by atoms with E-state index in [4.69, 9.17) is 5.73 Å². The zero-order chi connectivity index (χ0) is 21.6. The maximum Gasteiger partial charge on any atom is 0.298 e. The molecule has 3 rings (SSSR count). The first-order chi connectivity index (χ1) is 13.4. The molecule has 0 amide bonds. The second kappa shape index (κ2) is 6.97. The molecule has 0 aliphatic carbocycles. The molecule has 0 fully saturated rings. The number of non-ortho nitro benzene ring substituents is 1. The van der Waals surface area contributed by atoms with Crippen molar-refractivity contribution in [2.75, 3.05) is 11.1 Å². The van der Waals surface area contributed by atoms with Gasteiger partial charge in [0.15, 0.2) is 0 Å². The Bertz CT molecular complexity index is 1370. The zero-order valence-electron chi connectivity index (χ0n) is 14.3. The Morgan fingerprint density at radius 2 is 1.62 bits per heavy atom. The van der Waals surface area contributed by atoms with E-state index in [2.05, 4.69) is 5.32 Å². The lowest BCUT2D eigenvalue weighted by atomic mass is 10.1. The minimum Gasteiger partial charge on any atom is -0.397 e. The molecule has 3 aromatic carbocycles. The summed E-state index contributed by atoms with van der Waals surface area (Å²) in [5.41, 5.74) is 4.97. The summed E-state index contributed by atoms with van der Waals surface area (Å²) in [4.78, 5) is 8.05. The predicted molar refractivity (Wildman–Crippen MR) is 104 cm³/mol. The number of hydrogen-bond acceptors (Lipinski definition) is 8. The van der Waals surface area contributed by atoms with Gasteiger partial charge in [0.1, 0.15) is 9.79 Å². The molecular formula is C16H13N3O8S2. The van der Waals surface area contributed by atoms with Crippen molar-refractivity contribution in [2.45, 2.75) is 9.79 Å². The number of nitro benzene ring substituents is 1. The Hall–Kier alpha value is -3.26. The quantitative estimate of drug-likeness (QED) is 0.199. The summed E-state index contributed by atoms with van der Waals surface area (Å²) >= 11 is 0. The largest absolute Gasteiger partial charge is 0.397 e. The minimum atomic E-state index is -5.14. The van der Waals surface area contributed by atoms with Crippen molar-refractivity contribution in [3.05, 3.63) is 58.6 Å². The molecule has 3 aromatic rings. The van der Waals surface area contributed by atoms with Crippen LogP contribution in [0.1, 0.15) is 0 Å². The van der Waals surface area contributed by atoms with Crippen LogP contribution < -0.4 is 11.1 Å². The van der Waals surface area contributed by atoms with E-state index in [1.165, 1.54) is 24.3 Å². The topological polar surface area (TPSA) is 190 Å². The molecule has 0 radical (unpaired) electrons. The number of nitro groups is 1. The number of hydrogen-bond donors (Lipinski definition) is 4. The third-order valence-electron chi connectivity index (χ3n) is 4.01. The van der Waals surface area contributed by atoms with Gasteiger partial charge in [0, 0.05) is 17.5 Å². The van der Waals surface area contributed by atoms with Crippen LogP contribution in [0.25, 0.3) is 10.8 Å². The third kappa shape index (κ3) is 3.97. The number of benzene rings is 3. The van der Waals surface area contributed by atoms with Crippen LogP contribution in [-0.2, 0) is 20.2 Å². The Kier molecular flexibility index (Phi) is 4.92. The van der Waals surface area contributed by atoms with Crippen LogP contribution in [0.15, 0.2) is 58.3 Å². The van der Waals surface area contributed by atoms with Crippen molar-refractivity contribution in [1.29, 1.82) is 0 Å². The van der Waals surface area contributed by atoms with Crippen LogP contribution >= 0.6 is 0 Å². The summed E-state index contributed by atoms with van der Waals surface area (Å²) in [6, 6.07) is 10.2. The van der Waals surface area contributed by atoms with Gasteiger partial charge >= 0.3 is 0 Å². The number of nitrogen functional groups attached to an aromatic ring is 1. The van der Waals surface area contributed by atoms with Crippen molar-refractivity contribution in [3.8, 4) is 0 Å². The molecule has 29 heavy (non-hydrogen) atoms. The average Bonchev–Trinajstić information content (AvgIpc) is 2.61. The summed E-state index contributed by atoms with van der Waals surface area (Å²) in [7, 11) is -10.2. The van der Waals surface area contributed by atoms with E-state index in [1.807, 2.05) is 0 Å². The number of nitrogens with one attached hydrogen (secondary N) is 1. The Labute approximate surface area is 164 Å². The third-order valence-corrected chi connectivity index (χ3v) is 5.96. The van der Waals surface area contributed by atoms with Crippen molar-refractivity contribution in [1.82, 2.24) is 0 Å². The van der Waals surface area contributed by atoms with Gasteiger partial charge in [-0.2, -0.15) is 16.8 Å². The molecule has 0 aliphatic rings. The monoisotopic (exact) mass is 439 g/mol. The van der Waals surface area contributed by atoms with Crippen LogP contribution in [0.3, 0.4) is 0 Å². The lowest BCUT2D eigenvalue weighted by Gasteiger charge is -2.17. The number of anilines is 3. The highest BCUT2D eigenvalue weighted by Gasteiger charge is 2.30. The molecule has 5 N–H and O–H groups in total. The molecule has 0 spiro atoms. The van der Waals surface area contributed by atoms with Crippen LogP contribution in [0.2, 0.25) is 0 Å². The Balaban J connectivity index is 2.38. The molecule has 11 nitrogen and oxygen atoms in total. The van der Waals surface area contributed by atoms with E-state index >= 15 is 0 Å². The lowest BCUT2D eigenvalue weighted by molar-refractivity contribution is -0.384. The minimum absolute atomic E-state index is 0.0122. The van der Waals surface area contributed by atoms with Gasteiger partial charge in [0.05, 0.1) is 22.0 Å². The van der Waals surface area contributed by atoms with Crippen LogP contribution in [0, 0.1) is 10.1 Å². The molecule has 152 valence electrons. The van der Waals surface area contributed by atoms with Crippen molar-refractivity contribution >= 4 is 53.8 Å². The summed E-state index contributed by atoms with van der Waals surface area (Å²) in [6.07, 6.45) is 0. The van der Waals surface area contributed by atoms with E-state index < -0.39 is 35.0 Å². The van der Waals surface area contributed by atoms with Crippen molar-refractivity contribution < 1.29 is 30.9 Å². The van der Waals surface area contributed by atoms with Crippen molar-refractivity contribution in [3.63, 3.8) is 0 Å². The van der Waals surface area contributed by atoms with Crippen LogP contribution in [0.5, 0.6) is 0 Å². The fourth-order valence-corrected chi connectivity index (χ4v) is 4.76. The number of nitrogens with two attached hydrogens (primary N) is 1. The molecule has 0 bridgehead atoms. The molecular weight excluding hydrogens is 426 g/mol. The fourth-order valence-electron chi connectivity index (χ4n) is 2.79. The van der Waals surface area contributed by atoms with Gasteiger partial charge in [-0.1, -0.05) is 24.3 Å². The highest BCUT2D eigenvalue weighted by molar-refractivity contribution is 7.89. The summed E-state index contributed by atoms with van der Waals surface area (Å²) in [5, 5.41) is 13.9. The summed E-state index contributed by atoms with van der Waals surface area (Å²) < 4.78 is 66.8. The van der Waals surface area contributed by atoms with Gasteiger partial charge < -0.3 is 11.1 Å². The van der Waals surface area contributed by atoms with Crippen molar-refractivity contribution in [2.24, 2.45) is 0 Å². The van der Waals surface area contributed by atoms with E-state index in [9.17, 15) is 36.1 Å². The molecule has 0 heterocycles. The molecule has 0 saturated heterocycles. The van der Waals surface area contributed by atoms with E-state index in [0.29, 0.717) is 0 Å². The molecule has 0 unspecified atom stereocenters. The Morgan fingerprint density at radius 1 is 0.966 bits per heavy atom. The maximum absolute atomic E-state index is 12.0. The van der Waals surface area contributed by atoms with Crippen LogP contribution in [-0.4, -0.2) is 30.9 Å². The standard InChI is InChI=1S/C16H13N3O8S2/c17-12-8-10(19(20)21)5-6-13(12)18-15-11-4-2-1-3-9(11)7-14(28(22,23)24)16(15)29(25,26)27/h1-8,18H,17H2,(H,22,23,24)(H,25,26,27). The summed E-state index contributed by atoms with van der Waals surface area (Å²) in [6.45, 7) is 0. The molecule has 0 saturated carbocycles. The number of rotatable bonds is 5. The zero-order valence-corrected chi connectivity index (χ0v) is 15.9. The highest BCUT2D eigenvalue weighted by atomic mass is 32.2. The first-order valence-corrected chi connectivity index (χ1v) is 10.6. The molecule has 13 heteroatoms. The van der Waals surface area contributed by atoms with Gasteiger partial charge in [-0.15, -0.1) is 0 Å². The van der Waals surface area contributed by atoms with Gasteiger partial charge in [0.25, 0.3) is 25.9 Å². The fraction of sp³-hybridized carbons (Fsp3) is 0. The first-order valence-electron chi connectivity index (χ1n) is 7.71. The number of nitrogens with zero attached hydrogens (tertiary/aromatic N) is 1. The van der Waals surface area contributed by atoms with Gasteiger partial charge in [-0.25, -0.2) is 0 Å². The number of fused-ring (bicyclic) bond motifs is 1. The van der Waals surface area contributed by atoms with Gasteiger partial charge in [0.2, 0.25) is 0 Å². The lowest BCUT2D eigenvalue weighted by Crippen LogP contribution is -2.12. The van der Waals surface area contributed by atoms with Crippen LogP contribution in [0.4, 0.5) is 22.7 Å². The maximum atomic E-state index is 12.0. The van der Waals surface area contributed by atoms with E-state index in [-0.39, 0.29) is 33.5 Å². The SMILES string of the molecule is Nc1cc([N+](=O)[O-])ccc1Nc1c(S(=O)(=O)O)c(S(=O)(=O)O)cc2ccccc12. The Morgan fingerprint density at radius 3 is 2.17 bits per heavy atom. The normalized spacial score (nSPS) is 12.1. The first kappa shape index (κ1) is 20.5. The molecule has 0 aromatic heterocycles. The molecule has 0 aliphatic heterocycles. The highest BCUT2D eigenvalue weighted by Crippen LogP contribution is 2.39. The van der Waals surface area contributed by atoms with E-state index in [1.54, 1.807) is 6.07 Å². The van der Waals surface area contributed by atoms with E-state index in [0.717, 1.165) is 18.2 Å².